The highest BCUT2D eigenvalue weighted by Gasteiger charge is 2.07. The number of hydrogen-bond acceptors (Lipinski definition) is 3. The first-order chi connectivity index (χ1) is 6.24. The van der Waals surface area contributed by atoms with Gasteiger partial charge in [0.05, 0.1) is 12.2 Å². The molecule has 4 heteroatoms. The fourth-order valence-corrected chi connectivity index (χ4v) is 0.892. The summed E-state index contributed by atoms with van der Waals surface area (Å²) >= 11 is 0. The number of rotatable bonds is 2. The Morgan fingerprint density at radius 1 is 1.69 bits per heavy atom. The summed E-state index contributed by atoms with van der Waals surface area (Å²) < 4.78 is 0. The standard InChI is InChI=1S/C9H9N3O/c1-12(9(13)6-10)7-8-4-2-3-5-11-8/h2-5H,7H2,1H3. The third-order valence-electron chi connectivity index (χ3n) is 1.57. The Hall–Kier alpha value is -1.89. The molecule has 0 saturated carbocycles. The number of amides is 1. The van der Waals surface area contributed by atoms with Crippen LogP contribution in [0.3, 0.4) is 0 Å². The molecule has 0 bridgehead atoms. The lowest BCUT2D eigenvalue weighted by molar-refractivity contribution is -0.124. The van der Waals surface area contributed by atoms with Crippen LogP contribution in [-0.4, -0.2) is 22.8 Å². The molecule has 1 aromatic rings. The number of nitriles is 1. The third kappa shape index (κ3) is 2.56. The predicted octanol–water partition coefficient (Wildman–Crippen LogP) is 0.564. The molecule has 0 aromatic carbocycles. The molecular weight excluding hydrogens is 166 g/mol. The lowest BCUT2D eigenvalue weighted by atomic mass is 10.3. The van der Waals surface area contributed by atoms with Crippen LogP contribution < -0.4 is 0 Å². The van der Waals surface area contributed by atoms with Gasteiger partial charge < -0.3 is 4.90 Å². The summed E-state index contributed by atoms with van der Waals surface area (Å²) in [6.07, 6.45) is 1.65. The summed E-state index contributed by atoms with van der Waals surface area (Å²) in [5.74, 6) is -0.550. The summed E-state index contributed by atoms with van der Waals surface area (Å²) in [5.41, 5.74) is 0.772. The first-order valence-corrected chi connectivity index (χ1v) is 3.79. The molecule has 1 aromatic heterocycles. The Labute approximate surface area is 76.4 Å². The highest BCUT2D eigenvalue weighted by atomic mass is 16.2. The predicted molar refractivity (Wildman–Crippen MR) is 46.3 cm³/mol. The molecule has 0 spiro atoms. The van der Waals surface area contributed by atoms with Gasteiger partial charge >= 0.3 is 5.91 Å². The number of pyridine rings is 1. The fraction of sp³-hybridized carbons (Fsp3) is 0.222. The van der Waals surface area contributed by atoms with E-state index in [9.17, 15) is 4.79 Å². The molecule has 66 valence electrons. The van der Waals surface area contributed by atoms with Crippen molar-refractivity contribution in [3.63, 3.8) is 0 Å². The number of hydrogen-bond donors (Lipinski definition) is 0. The van der Waals surface area contributed by atoms with Crippen molar-refractivity contribution < 1.29 is 4.79 Å². The maximum atomic E-state index is 10.9. The van der Waals surface area contributed by atoms with Crippen molar-refractivity contribution in [2.45, 2.75) is 6.54 Å². The minimum Gasteiger partial charge on any atom is -0.327 e. The van der Waals surface area contributed by atoms with Crippen LogP contribution in [0.25, 0.3) is 0 Å². The molecule has 0 fully saturated rings. The van der Waals surface area contributed by atoms with Gasteiger partial charge in [-0.2, -0.15) is 5.26 Å². The van der Waals surface area contributed by atoms with Gasteiger partial charge in [0.25, 0.3) is 0 Å². The van der Waals surface area contributed by atoms with E-state index in [4.69, 9.17) is 5.26 Å². The van der Waals surface area contributed by atoms with E-state index in [0.717, 1.165) is 5.69 Å². The molecule has 4 nitrogen and oxygen atoms in total. The van der Waals surface area contributed by atoms with Crippen LogP contribution in [0, 0.1) is 11.3 Å². The topological polar surface area (TPSA) is 57.0 Å². The van der Waals surface area contributed by atoms with Gasteiger partial charge in [0.1, 0.15) is 0 Å². The van der Waals surface area contributed by atoms with Crippen LogP contribution in [0.5, 0.6) is 0 Å². The SMILES string of the molecule is CN(Cc1ccccn1)C(=O)C#N. The van der Waals surface area contributed by atoms with Crippen LogP contribution in [-0.2, 0) is 11.3 Å². The van der Waals surface area contributed by atoms with Crippen LogP contribution in [0.1, 0.15) is 5.69 Å². The van der Waals surface area contributed by atoms with Gasteiger partial charge in [0.2, 0.25) is 0 Å². The molecule has 13 heavy (non-hydrogen) atoms. The smallest absolute Gasteiger partial charge is 0.325 e. The molecule has 0 unspecified atom stereocenters. The van der Waals surface area contributed by atoms with Gasteiger partial charge in [-0.1, -0.05) is 6.07 Å². The molecule has 0 N–H and O–H groups in total. The zero-order chi connectivity index (χ0) is 9.68. The zero-order valence-electron chi connectivity index (χ0n) is 7.27. The minimum absolute atomic E-state index is 0.368. The van der Waals surface area contributed by atoms with Gasteiger partial charge in [-0.15, -0.1) is 0 Å². The molecule has 0 atom stereocenters. The summed E-state index contributed by atoms with van der Waals surface area (Å²) in [7, 11) is 1.57. The number of aromatic nitrogens is 1. The van der Waals surface area contributed by atoms with Gasteiger partial charge in [0.15, 0.2) is 6.07 Å². The largest absolute Gasteiger partial charge is 0.327 e. The third-order valence-corrected chi connectivity index (χ3v) is 1.57. The molecule has 0 aliphatic heterocycles. The molecule has 0 saturated heterocycles. The van der Waals surface area contributed by atoms with E-state index in [0.29, 0.717) is 6.54 Å². The van der Waals surface area contributed by atoms with E-state index in [2.05, 4.69) is 4.98 Å². The maximum absolute atomic E-state index is 10.9. The zero-order valence-corrected chi connectivity index (χ0v) is 7.27. The van der Waals surface area contributed by atoms with Crippen LogP contribution >= 0.6 is 0 Å². The van der Waals surface area contributed by atoms with E-state index in [1.54, 1.807) is 31.4 Å². The average molecular weight is 175 g/mol. The number of nitrogens with zero attached hydrogens (tertiary/aromatic N) is 3. The van der Waals surface area contributed by atoms with Crippen molar-refractivity contribution in [2.24, 2.45) is 0 Å². The van der Waals surface area contributed by atoms with Crippen LogP contribution in [0.2, 0.25) is 0 Å². The van der Waals surface area contributed by atoms with Crippen molar-refractivity contribution in [1.29, 1.82) is 5.26 Å². The van der Waals surface area contributed by atoms with E-state index in [1.807, 2.05) is 6.07 Å². The maximum Gasteiger partial charge on any atom is 0.325 e. The first kappa shape index (κ1) is 9.20. The van der Waals surface area contributed by atoms with Gasteiger partial charge in [0, 0.05) is 13.2 Å². The Balaban J connectivity index is 2.61. The van der Waals surface area contributed by atoms with E-state index in [-0.39, 0.29) is 0 Å². The van der Waals surface area contributed by atoms with Gasteiger partial charge in [-0.05, 0) is 12.1 Å². The second-order valence-corrected chi connectivity index (χ2v) is 2.59. The van der Waals surface area contributed by atoms with Gasteiger partial charge in [-0.3, -0.25) is 9.78 Å². The Morgan fingerprint density at radius 2 is 2.46 bits per heavy atom. The summed E-state index contributed by atoms with van der Waals surface area (Å²) in [6.45, 7) is 0.368. The Bertz CT molecular complexity index is 328. The fourth-order valence-electron chi connectivity index (χ4n) is 0.892. The van der Waals surface area contributed by atoms with Crippen molar-refractivity contribution in [3.05, 3.63) is 30.1 Å². The van der Waals surface area contributed by atoms with Crippen LogP contribution in [0.15, 0.2) is 24.4 Å². The molecular formula is C9H9N3O. The normalized spacial score (nSPS) is 8.92. The summed E-state index contributed by atoms with van der Waals surface area (Å²) in [4.78, 5) is 16.2. The van der Waals surface area contributed by atoms with E-state index in [1.165, 1.54) is 4.90 Å². The van der Waals surface area contributed by atoms with Crippen molar-refractivity contribution in [3.8, 4) is 6.07 Å². The number of carbonyl (C=O) groups excluding carboxylic acids is 1. The first-order valence-electron chi connectivity index (χ1n) is 3.79. The van der Waals surface area contributed by atoms with Crippen LogP contribution in [0.4, 0.5) is 0 Å². The highest BCUT2D eigenvalue weighted by molar-refractivity contribution is 5.90. The Morgan fingerprint density at radius 3 is 3.00 bits per heavy atom. The summed E-state index contributed by atoms with van der Waals surface area (Å²) in [5, 5.41) is 8.32. The molecule has 1 amide bonds. The van der Waals surface area contributed by atoms with Crippen molar-refractivity contribution >= 4 is 5.91 Å². The lowest BCUT2D eigenvalue weighted by Crippen LogP contribution is -2.24. The second kappa shape index (κ2) is 4.21. The van der Waals surface area contributed by atoms with E-state index >= 15 is 0 Å². The quantitative estimate of drug-likeness (QED) is 0.617. The average Bonchev–Trinajstić information content (AvgIpc) is 2.18. The lowest BCUT2D eigenvalue weighted by Gasteiger charge is -2.11. The molecule has 0 aliphatic carbocycles. The molecule has 0 radical (unpaired) electrons. The van der Waals surface area contributed by atoms with Crippen molar-refractivity contribution in [1.82, 2.24) is 9.88 Å². The molecule has 0 aliphatic rings. The second-order valence-electron chi connectivity index (χ2n) is 2.59. The monoisotopic (exact) mass is 175 g/mol. The summed E-state index contributed by atoms with van der Waals surface area (Å²) in [6, 6.07) is 6.99. The molecule has 1 heterocycles. The van der Waals surface area contributed by atoms with E-state index < -0.39 is 5.91 Å². The highest BCUT2D eigenvalue weighted by Crippen LogP contribution is 1.98. The molecule has 1 rings (SSSR count). The van der Waals surface area contributed by atoms with Crippen molar-refractivity contribution in [2.75, 3.05) is 7.05 Å². The number of carbonyl (C=O) groups is 1. The van der Waals surface area contributed by atoms with Gasteiger partial charge in [-0.25, -0.2) is 0 Å². The Kier molecular flexibility index (Phi) is 2.98. The minimum atomic E-state index is -0.550.